The molecule has 0 unspecified atom stereocenters. The summed E-state index contributed by atoms with van der Waals surface area (Å²) in [5.41, 5.74) is 1.87. The average molecular weight is 216 g/mol. The van der Waals surface area contributed by atoms with Gasteiger partial charge in [-0.2, -0.15) is 0 Å². The first-order valence-electron chi connectivity index (χ1n) is 3.35. The first-order valence-corrected chi connectivity index (χ1v) is 4.14. The number of aliphatic hydroxyl groups excluding tert-OH is 1. The van der Waals surface area contributed by atoms with E-state index in [2.05, 4.69) is 21.2 Å². The van der Waals surface area contributed by atoms with E-state index in [4.69, 9.17) is 5.11 Å². The molecule has 0 radical (unpaired) electrons. The molecule has 1 aromatic rings. The topological polar surface area (TPSA) is 32.3 Å². The molecule has 0 aliphatic rings. The highest BCUT2D eigenvalue weighted by Gasteiger charge is 1.98. The molecule has 0 amide bonds. The standard InChI is InChI=1S/C8H10BrNO/c1-10-8-4-7(9)3-2-6(8)5-11/h2-4,10-11H,5H2,1H3. The molecule has 2 nitrogen and oxygen atoms in total. The highest BCUT2D eigenvalue weighted by Crippen LogP contribution is 2.20. The third-order valence-electron chi connectivity index (χ3n) is 1.51. The summed E-state index contributed by atoms with van der Waals surface area (Å²) in [6.07, 6.45) is 0. The lowest BCUT2D eigenvalue weighted by Crippen LogP contribution is -1.94. The van der Waals surface area contributed by atoms with E-state index in [1.54, 1.807) is 0 Å². The highest BCUT2D eigenvalue weighted by atomic mass is 79.9. The summed E-state index contributed by atoms with van der Waals surface area (Å²) in [4.78, 5) is 0. The van der Waals surface area contributed by atoms with Gasteiger partial charge in [-0.1, -0.05) is 22.0 Å². The summed E-state index contributed by atoms with van der Waals surface area (Å²) >= 11 is 3.34. The molecule has 0 spiro atoms. The van der Waals surface area contributed by atoms with Crippen LogP contribution in [0.4, 0.5) is 5.69 Å². The molecule has 0 aliphatic heterocycles. The Morgan fingerprint density at radius 1 is 1.55 bits per heavy atom. The van der Waals surface area contributed by atoms with Crippen LogP contribution in [-0.4, -0.2) is 12.2 Å². The lowest BCUT2D eigenvalue weighted by atomic mass is 10.2. The van der Waals surface area contributed by atoms with Crippen molar-refractivity contribution in [1.82, 2.24) is 0 Å². The largest absolute Gasteiger partial charge is 0.392 e. The number of hydrogen-bond acceptors (Lipinski definition) is 2. The summed E-state index contributed by atoms with van der Waals surface area (Å²) in [6.45, 7) is 0.0729. The van der Waals surface area contributed by atoms with Crippen molar-refractivity contribution in [1.29, 1.82) is 0 Å². The Hall–Kier alpha value is -0.540. The van der Waals surface area contributed by atoms with Crippen LogP contribution in [0.1, 0.15) is 5.56 Å². The molecular formula is C8H10BrNO. The highest BCUT2D eigenvalue weighted by molar-refractivity contribution is 9.10. The lowest BCUT2D eigenvalue weighted by Gasteiger charge is -2.05. The predicted molar refractivity (Wildman–Crippen MR) is 49.6 cm³/mol. The summed E-state index contributed by atoms with van der Waals surface area (Å²) in [5.74, 6) is 0. The molecule has 0 bridgehead atoms. The van der Waals surface area contributed by atoms with Gasteiger partial charge in [-0.25, -0.2) is 0 Å². The SMILES string of the molecule is CNc1cc(Br)ccc1CO. The fourth-order valence-corrected chi connectivity index (χ4v) is 1.28. The summed E-state index contributed by atoms with van der Waals surface area (Å²) < 4.78 is 1.01. The number of rotatable bonds is 2. The van der Waals surface area contributed by atoms with E-state index in [1.165, 1.54) is 0 Å². The Bertz CT molecular complexity index is 250. The van der Waals surface area contributed by atoms with Crippen molar-refractivity contribution in [2.45, 2.75) is 6.61 Å². The van der Waals surface area contributed by atoms with E-state index in [0.717, 1.165) is 15.7 Å². The van der Waals surface area contributed by atoms with Gasteiger partial charge in [0.05, 0.1) is 6.61 Å². The summed E-state index contributed by atoms with van der Waals surface area (Å²) in [7, 11) is 1.83. The Balaban J connectivity index is 3.06. The van der Waals surface area contributed by atoms with E-state index in [9.17, 15) is 0 Å². The Kier molecular flexibility index (Phi) is 2.91. The second-order valence-electron chi connectivity index (χ2n) is 2.21. The molecule has 0 aromatic heterocycles. The molecule has 1 rings (SSSR count). The van der Waals surface area contributed by atoms with E-state index in [-0.39, 0.29) is 6.61 Å². The van der Waals surface area contributed by atoms with Gasteiger partial charge >= 0.3 is 0 Å². The second-order valence-corrected chi connectivity index (χ2v) is 3.13. The fourth-order valence-electron chi connectivity index (χ4n) is 0.919. The molecule has 0 aliphatic carbocycles. The quantitative estimate of drug-likeness (QED) is 0.792. The Morgan fingerprint density at radius 3 is 2.82 bits per heavy atom. The van der Waals surface area contributed by atoms with Crippen molar-refractivity contribution in [2.75, 3.05) is 12.4 Å². The van der Waals surface area contributed by atoms with Crippen molar-refractivity contribution >= 4 is 21.6 Å². The van der Waals surface area contributed by atoms with Gasteiger partial charge < -0.3 is 10.4 Å². The van der Waals surface area contributed by atoms with Crippen LogP contribution >= 0.6 is 15.9 Å². The van der Waals surface area contributed by atoms with E-state index in [1.807, 2.05) is 25.2 Å². The minimum absolute atomic E-state index is 0.0729. The fraction of sp³-hybridized carbons (Fsp3) is 0.250. The molecule has 60 valence electrons. The van der Waals surface area contributed by atoms with Gasteiger partial charge in [0, 0.05) is 22.8 Å². The average Bonchev–Trinajstić information content (AvgIpc) is 2.04. The molecule has 0 fully saturated rings. The molecule has 2 N–H and O–H groups in total. The summed E-state index contributed by atoms with van der Waals surface area (Å²) in [6, 6.07) is 5.73. The van der Waals surface area contributed by atoms with E-state index < -0.39 is 0 Å². The first-order chi connectivity index (χ1) is 5.27. The van der Waals surface area contributed by atoms with Gasteiger partial charge in [0.25, 0.3) is 0 Å². The van der Waals surface area contributed by atoms with Gasteiger partial charge in [0.2, 0.25) is 0 Å². The number of aliphatic hydroxyl groups is 1. The van der Waals surface area contributed by atoms with Crippen LogP contribution in [0.25, 0.3) is 0 Å². The molecule has 3 heteroatoms. The minimum Gasteiger partial charge on any atom is -0.392 e. The maximum atomic E-state index is 8.89. The van der Waals surface area contributed by atoms with E-state index in [0.29, 0.717) is 0 Å². The van der Waals surface area contributed by atoms with Crippen molar-refractivity contribution in [2.24, 2.45) is 0 Å². The zero-order valence-corrected chi connectivity index (χ0v) is 7.85. The molecule has 0 heterocycles. The number of anilines is 1. The third kappa shape index (κ3) is 1.94. The summed E-state index contributed by atoms with van der Waals surface area (Å²) in [5, 5.41) is 11.9. The first kappa shape index (κ1) is 8.56. The Labute approximate surface area is 74.4 Å². The van der Waals surface area contributed by atoms with Gasteiger partial charge in [-0.05, 0) is 12.1 Å². The molecule has 0 atom stereocenters. The van der Waals surface area contributed by atoms with Crippen molar-refractivity contribution in [3.05, 3.63) is 28.2 Å². The van der Waals surface area contributed by atoms with Crippen LogP contribution < -0.4 is 5.32 Å². The van der Waals surface area contributed by atoms with Crippen LogP contribution in [0.5, 0.6) is 0 Å². The molecule has 0 saturated heterocycles. The monoisotopic (exact) mass is 215 g/mol. The van der Waals surface area contributed by atoms with Gasteiger partial charge in [-0.15, -0.1) is 0 Å². The van der Waals surface area contributed by atoms with Crippen LogP contribution in [-0.2, 0) is 6.61 Å². The zero-order chi connectivity index (χ0) is 8.27. The van der Waals surface area contributed by atoms with Crippen LogP contribution in [0.3, 0.4) is 0 Å². The smallest absolute Gasteiger partial charge is 0.0701 e. The van der Waals surface area contributed by atoms with Gasteiger partial charge in [-0.3, -0.25) is 0 Å². The van der Waals surface area contributed by atoms with Crippen LogP contribution in [0.15, 0.2) is 22.7 Å². The van der Waals surface area contributed by atoms with Crippen LogP contribution in [0.2, 0.25) is 0 Å². The molecule has 1 aromatic carbocycles. The van der Waals surface area contributed by atoms with Gasteiger partial charge in [0.1, 0.15) is 0 Å². The lowest BCUT2D eigenvalue weighted by molar-refractivity contribution is 0.282. The maximum absolute atomic E-state index is 8.89. The maximum Gasteiger partial charge on any atom is 0.0701 e. The normalized spacial score (nSPS) is 9.73. The molecule has 0 saturated carbocycles. The van der Waals surface area contributed by atoms with Crippen molar-refractivity contribution < 1.29 is 5.11 Å². The second kappa shape index (κ2) is 3.74. The zero-order valence-electron chi connectivity index (χ0n) is 6.26. The number of hydrogen-bond donors (Lipinski definition) is 2. The minimum atomic E-state index is 0.0729. The van der Waals surface area contributed by atoms with Crippen molar-refractivity contribution in [3.8, 4) is 0 Å². The third-order valence-corrected chi connectivity index (χ3v) is 2.00. The number of nitrogens with one attached hydrogen (secondary N) is 1. The van der Waals surface area contributed by atoms with E-state index >= 15 is 0 Å². The number of halogens is 1. The molecular weight excluding hydrogens is 206 g/mol. The molecule has 11 heavy (non-hydrogen) atoms. The van der Waals surface area contributed by atoms with Crippen molar-refractivity contribution in [3.63, 3.8) is 0 Å². The number of benzene rings is 1. The van der Waals surface area contributed by atoms with Gasteiger partial charge in [0.15, 0.2) is 0 Å². The predicted octanol–water partition coefficient (Wildman–Crippen LogP) is 1.98. The Morgan fingerprint density at radius 2 is 2.27 bits per heavy atom. The van der Waals surface area contributed by atoms with Crippen LogP contribution in [0, 0.1) is 0 Å².